The van der Waals surface area contributed by atoms with E-state index in [2.05, 4.69) is 26.0 Å². The van der Waals surface area contributed by atoms with Crippen LogP contribution in [-0.2, 0) is 16.1 Å². The van der Waals surface area contributed by atoms with Gasteiger partial charge in [0.05, 0.1) is 11.5 Å². The van der Waals surface area contributed by atoms with E-state index >= 15 is 0 Å². The lowest BCUT2D eigenvalue weighted by Crippen LogP contribution is -2.28. The number of carbonyl (C=O) groups excluding carboxylic acids is 2. The molecule has 29 heavy (non-hydrogen) atoms. The van der Waals surface area contributed by atoms with Gasteiger partial charge in [-0.2, -0.15) is 0 Å². The standard InChI is InChI=1S/C19H18BrF3N2O3S/c1-25(10-13-5-7-16(8-6-13)28-19(21,22)23)18(27)12-29-11-17(26)24-15-4-2-3-14(20)9-15/h2-9H,10-12H2,1H3,(H,24,26). The van der Waals surface area contributed by atoms with Gasteiger partial charge in [-0.15, -0.1) is 24.9 Å². The molecule has 0 heterocycles. The molecule has 0 aromatic heterocycles. The van der Waals surface area contributed by atoms with E-state index in [0.29, 0.717) is 11.3 Å². The van der Waals surface area contributed by atoms with Gasteiger partial charge in [0, 0.05) is 23.8 Å². The number of thioether (sulfide) groups is 1. The van der Waals surface area contributed by atoms with Crippen LogP contribution >= 0.6 is 27.7 Å². The molecule has 0 aliphatic carbocycles. The fourth-order valence-corrected chi connectivity index (χ4v) is 3.42. The highest BCUT2D eigenvalue weighted by molar-refractivity contribution is 9.10. The van der Waals surface area contributed by atoms with Gasteiger partial charge in [-0.05, 0) is 35.9 Å². The molecule has 10 heteroatoms. The molecule has 0 saturated carbocycles. The summed E-state index contributed by atoms with van der Waals surface area (Å²) >= 11 is 4.50. The molecule has 2 rings (SSSR count). The van der Waals surface area contributed by atoms with Crippen molar-refractivity contribution in [3.05, 3.63) is 58.6 Å². The predicted octanol–water partition coefficient (Wildman–Crippen LogP) is 4.68. The third-order valence-electron chi connectivity index (χ3n) is 3.57. The number of carbonyl (C=O) groups is 2. The molecule has 0 aliphatic rings. The Morgan fingerprint density at radius 2 is 1.83 bits per heavy atom. The highest BCUT2D eigenvalue weighted by Crippen LogP contribution is 2.23. The Labute approximate surface area is 178 Å². The molecule has 2 aromatic carbocycles. The van der Waals surface area contributed by atoms with Crippen LogP contribution in [0.15, 0.2) is 53.0 Å². The second-order valence-electron chi connectivity index (χ2n) is 5.99. The van der Waals surface area contributed by atoms with Crippen molar-refractivity contribution >= 4 is 45.2 Å². The molecule has 0 fully saturated rings. The van der Waals surface area contributed by atoms with Crippen molar-refractivity contribution in [1.29, 1.82) is 0 Å². The zero-order valence-electron chi connectivity index (χ0n) is 15.3. The van der Waals surface area contributed by atoms with Gasteiger partial charge in [0.2, 0.25) is 11.8 Å². The number of nitrogens with one attached hydrogen (secondary N) is 1. The van der Waals surface area contributed by atoms with Crippen LogP contribution in [0.2, 0.25) is 0 Å². The van der Waals surface area contributed by atoms with Crippen molar-refractivity contribution < 1.29 is 27.5 Å². The number of nitrogens with zero attached hydrogens (tertiary/aromatic N) is 1. The first-order chi connectivity index (χ1) is 13.6. The topological polar surface area (TPSA) is 58.6 Å². The summed E-state index contributed by atoms with van der Waals surface area (Å²) in [5, 5.41) is 2.74. The van der Waals surface area contributed by atoms with E-state index in [0.717, 1.165) is 4.47 Å². The summed E-state index contributed by atoms with van der Waals surface area (Å²) in [4.78, 5) is 25.6. The number of rotatable bonds is 8. The Hall–Kier alpha value is -2.20. The summed E-state index contributed by atoms with van der Waals surface area (Å²) in [6.45, 7) is 0.232. The molecular weight excluding hydrogens is 473 g/mol. The molecule has 0 spiro atoms. The molecule has 0 radical (unpaired) electrons. The van der Waals surface area contributed by atoms with Crippen molar-refractivity contribution in [2.24, 2.45) is 0 Å². The van der Waals surface area contributed by atoms with E-state index < -0.39 is 6.36 Å². The normalized spacial score (nSPS) is 11.1. The third-order valence-corrected chi connectivity index (χ3v) is 4.98. The summed E-state index contributed by atoms with van der Waals surface area (Å²) in [7, 11) is 1.59. The van der Waals surface area contributed by atoms with E-state index in [4.69, 9.17) is 0 Å². The van der Waals surface area contributed by atoms with Gasteiger partial charge in [0.25, 0.3) is 0 Å². The fraction of sp³-hybridized carbons (Fsp3) is 0.263. The summed E-state index contributed by atoms with van der Waals surface area (Å²) in [6.07, 6.45) is -4.74. The van der Waals surface area contributed by atoms with Gasteiger partial charge in [0.15, 0.2) is 0 Å². The van der Waals surface area contributed by atoms with Crippen LogP contribution in [-0.4, -0.2) is 41.6 Å². The number of ether oxygens (including phenoxy) is 1. The van der Waals surface area contributed by atoms with Crippen LogP contribution in [0.25, 0.3) is 0 Å². The minimum absolute atomic E-state index is 0.109. The molecule has 5 nitrogen and oxygen atoms in total. The lowest BCUT2D eigenvalue weighted by molar-refractivity contribution is -0.274. The van der Waals surface area contributed by atoms with Crippen molar-refractivity contribution in [2.45, 2.75) is 12.9 Å². The molecule has 0 aliphatic heterocycles. The first-order valence-corrected chi connectivity index (χ1v) is 10.3. The molecule has 0 atom stereocenters. The van der Waals surface area contributed by atoms with Crippen molar-refractivity contribution in [1.82, 2.24) is 4.90 Å². The molecule has 1 N–H and O–H groups in total. The van der Waals surface area contributed by atoms with E-state index in [1.54, 1.807) is 25.2 Å². The van der Waals surface area contributed by atoms with Gasteiger partial charge >= 0.3 is 6.36 Å². The van der Waals surface area contributed by atoms with E-state index in [9.17, 15) is 22.8 Å². The zero-order valence-corrected chi connectivity index (χ0v) is 17.7. The number of hydrogen-bond acceptors (Lipinski definition) is 4. The highest BCUT2D eigenvalue weighted by atomic mass is 79.9. The molecule has 0 bridgehead atoms. The Bertz CT molecular complexity index is 847. The Balaban J connectivity index is 1.74. The molecule has 2 aromatic rings. The molecule has 156 valence electrons. The zero-order chi connectivity index (χ0) is 21.4. The van der Waals surface area contributed by atoms with Gasteiger partial charge in [-0.3, -0.25) is 9.59 Å². The van der Waals surface area contributed by atoms with Crippen LogP contribution in [0.1, 0.15) is 5.56 Å². The first-order valence-electron chi connectivity index (χ1n) is 8.34. The molecule has 0 saturated heterocycles. The summed E-state index contributed by atoms with van der Waals surface area (Å²) in [5.41, 5.74) is 1.32. The smallest absolute Gasteiger partial charge is 0.406 e. The summed E-state index contributed by atoms with van der Waals surface area (Å²) in [5.74, 6) is -0.500. The van der Waals surface area contributed by atoms with E-state index in [-0.39, 0.29) is 35.6 Å². The predicted molar refractivity (Wildman–Crippen MR) is 110 cm³/mol. The Kier molecular flexibility index (Phi) is 8.39. The second kappa shape index (κ2) is 10.5. The lowest BCUT2D eigenvalue weighted by Gasteiger charge is -2.17. The SMILES string of the molecule is CN(Cc1ccc(OC(F)(F)F)cc1)C(=O)CSCC(=O)Nc1cccc(Br)c1. The third kappa shape index (κ3) is 8.78. The minimum Gasteiger partial charge on any atom is -0.406 e. The minimum atomic E-state index is -4.74. The van der Waals surface area contributed by atoms with Crippen LogP contribution in [0.3, 0.4) is 0 Å². The maximum absolute atomic E-state index is 12.2. The maximum atomic E-state index is 12.2. The van der Waals surface area contributed by atoms with Gasteiger partial charge in [0.1, 0.15) is 5.75 Å². The van der Waals surface area contributed by atoms with E-state index in [1.165, 1.54) is 40.9 Å². The van der Waals surface area contributed by atoms with Gasteiger partial charge < -0.3 is 15.0 Å². The van der Waals surface area contributed by atoms with Crippen molar-refractivity contribution in [2.75, 3.05) is 23.9 Å². The van der Waals surface area contributed by atoms with E-state index in [1.807, 2.05) is 6.07 Å². The van der Waals surface area contributed by atoms with Crippen molar-refractivity contribution in [3.63, 3.8) is 0 Å². The monoisotopic (exact) mass is 490 g/mol. The fourth-order valence-electron chi connectivity index (χ4n) is 2.26. The molecule has 0 unspecified atom stereocenters. The van der Waals surface area contributed by atoms with Gasteiger partial charge in [-0.1, -0.05) is 34.1 Å². The van der Waals surface area contributed by atoms with Gasteiger partial charge in [-0.25, -0.2) is 0 Å². The lowest BCUT2D eigenvalue weighted by atomic mass is 10.2. The number of anilines is 1. The first kappa shape index (κ1) is 23.1. The summed E-state index contributed by atoms with van der Waals surface area (Å²) in [6, 6.07) is 12.5. The number of halogens is 4. The molecular formula is C19H18BrF3N2O3S. The quantitative estimate of drug-likeness (QED) is 0.583. The molecule has 2 amide bonds. The highest BCUT2D eigenvalue weighted by Gasteiger charge is 2.30. The average molecular weight is 491 g/mol. The number of benzene rings is 2. The number of amides is 2. The van der Waals surface area contributed by atoms with Crippen molar-refractivity contribution in [3.8, 4) is 5.75 Å². The van der Waals surface area contributed by atoms with Crippen LogP contribution < -0.4 is 10.1 Å². The Morgan fingerprint density at radius 1 is 1.14 bits per heavy atom. The maximum Gasteiger partial charge on any atom is 0.573 e. The van der Waals surface area contributed by atoms with Crippen LogP contribution in [0.4, 0.5) is 18.9 Å². The second-order valence-corrected chi connectivity index (χ2v) is 7.89. The van der Waals surface area contributed by atoms with Crippen LogP contribution in [0.5, 0.6) is 5.75 Å². The largest absolute Gasteiger partial charge is 0.573 e. The average Bonchev–Trinajstić information content (AvgIpc) is 2.62. The number of hydrogen-bond donors (Lipinski definition) is 1. The number of alkyl halides is 3. The Morgan fingerprint density at radius 3 is 2.45 bits per heavy atom. The summed E-state index contributed by atoms with van der Waals surface area (Å²) < 4.78 is 41.1. The van der Waals surface area contributed by atoms with Crippen LogP contribution in [0, 0.1) is 0 Å².